The van der Waals surface area contributed by atoms with Crippen molar-refractivity contribution in [1.29, 1.82) is 0 Å². The highest BCUT2D eigenvalue weighted by Crippen LogP contribution is 2.53. The number of quaternary nitrogens is 1. The molecule has 16 rings (SSSR count). The van der Waals surface area contributed by atoms with E-state index in [4.69, 9.17) is 70.2 Å². The van der Waals surface area contributed by atoms with Gasteiger partial charge in [0.1, 0.15) is 57.4 Å². The fourth-order valence-corrected chi connectivity index (χ4v) is 17.4. The normalized spacial score (nSPS) is 17.3. The first-order valence-electron chi connectivity index (χ1n) is 41.0. The highest BCUT2D eigenvalue weighted by atomic mass is 35.5. The molecule has 5 N–H and O–H groups in total. The number of nitrogens with one attached hydrogen (secondary N) is 4. The highest BCUT2D eigenvalue weighted by molar-refractivity contribution is 6.35. The maximum absolute atomic E-state index is 14.4. The fraction of sp³-hybridized carbons (Fsp3) is 0.235. The van der Waals surface area contributed by atoms with Gasteiger partial charge in [-0.05, 0) is 152 Å². The molecule has 4 aliphatic heterocycles. The molecule has 3 saturated heterocycles. The van der Waals surface area contributed by atoms with Crippen LogP contribution in [0.15, 0.2) is 267 Å². The number of piperidine rings is 3. The van der Waals surface area contributed by atoms with Gasteiger partial charge in [-0.15, -0.1) is 6.58 Å². The molecule has 18 nitrogen and oxygen atoms in total. The lowest BCUT2D eigenvalue weighted by molar-refractivity contribution is -0.984. The van der Waals surface area contributed by atoms with Crippen molar-refractivity contribution in [1.82, 2.24) is 26.3 Å². The number of hydrogen-bond donors (Lipinski definition) is 5. The van der Waals surface area contributed by atoms with Crippen molar-refractivity contribution in [3.63, 3.8) is 0 Å². The van der Waals surface area contributed by atoms with Crippen molar-refractivity contribution in [2.24, 2.45) is 17.0 Å². The van der Waals surface area contributed by atoms with Crippen molar-refractivity contribution >= 4 is 120 Å². The van der Waals surface area contributed by atoms with Crippen LogP contribution in [-0.4, -0.2) is 127 Å². The molecule has 12 aromatic rings. The average Bonchev–Trinajstić information content (AvgIpc) is 1.47. The first-order valence-corrected chi connectivity index (χ1v) is 42.5. The fourth-order valence-electron chi connectivity index (χ4n) is 16.3. The number of pyridine rings is 1. The number of aliphatic hydroxyl groups is 1. The third-order valence-corrected chi connectivity index (χ3v) is 23.5. The van der Waals surface area contributed by atoms with Gasteiger partial charge in [0.2, 0.25) is 17.6 Å². The first kappa shape index (κ1) is 99.6. The number of ether oxygens (including phenoxy) is 4. The van der Waals surface area contributed by atoms with E-state index < -0.39 is 110 Å². The average molecular weight is 1940 g/mol. The van der Waals surface area contributed by atoms with Gasteiger partial charge in [-0.2, -0.15) is 52.7 Å². The van der Waals surface area contributed by atoms with Crippen LogP contribution in [0, 0.1) is 11.8 Å². The molecule has 0 saturated carbocycles. The summed E-state index contributed by atoms with van der Waals surface area (Å²) in [5, 5.41) is 25.6. The number of allylic oxidation sites excluding steroid dienone is 2. The van der Waals surface area contributed by atoms with Crippen LogP contribution in [0.3, 0.4) is 0 Å². The van der Waals surface area contributed by atoms with Gasteiger partial charge >= 0.3 is 24.7 Å². The van der Waals surface area contributed by atoms with Gasteiger partial charge in [-0.25, -0.2) is 0 Å². The van der Waals surface area contributed by atoms with Gasteiger partial charge in [0.15, 0.2) is 17.3 Å². The second kappa shape index (κ2) is 43.1. The van der Waals surface area contributed by atoms with Gasteiger partial charge in [-0.1, -0.05) is 203 Å². The Bertz CT molecular complexity index is 6220. The lowest BCUT2D eigenvalue weighted by Crippen LogP contribution is -3.00. The number of benzene rings is 11. The second-order valence-corrected chi connectivity index (χ2v) is 33.2. The minimum atomic E-state index is -4.94. The van der Waals surface area contributed by atoms with Crippen LogP contribution in [0.5, 0.6) is 23.0 Å². The molecule has 2 bridgehead atoms. The Morgan fingerprint density at radius 2 is 1.05 bits per heavy atom. The number of oxime groups is 1. The van der Waals surface area contributed by atoms with E-state index in [1.807, 2.05) is 85.1 Å². The van der Waals surface area contributed by atoms with Crippen LogP contribution in [0.4, 0.5) is 52.7 Å². The van der Waals surface area contributed by atoms with Crippen molar-refractivity contribution in [2.75, 3.05) is 46.4 Å². The Kier molecular flexibility index (Phi) is 32.3. The number of ketones is 1. The minimum absolute atomic E-state index is 0. The van der Waals surface area contributed by atoms with Gasteiger partial charge in [0.05, 0.1) is 50.1 Å². The highest BCUT2D eigenvalue weighted by Gasteiger charge is 2.63. The zero-order valence-electron chi connectivity index (χ0n) is 70.3. The molecule has 4 unspecified atom stereocenters. The van der Waals surface area contributed by atoms with Crippen molar-refractivity contribution < 1.29 is 122 Å². The molecule has 5 heterocycles. The van der Waals surface area contributed by atoms with Crippen molar-refractivity contribution in [3.05, 3.63) is 343 Å². The van der Waals surface area contributed by atoms with E-state index in [1.54, 1.807) is 35.9 Å². The second-order valence-electron chi connectivity index (χ2n) is 31.4. The Balaban J connectivity index is 0.000000184. The third-order valence-electron chi connectivity index (χ3n) is 22.6. The Labute approximate surface area is 780 Å². The summed E-state index contributed by atoms with van der Waals surface area (Å²) in [4.78, 5) is 71.3. The summed E-state index contributed by atoms with van der Waals surface area (Å²) in [6, 6.07) is 66.4. The number of fused-ring (bicyclic) bond motifs is 6. The predicted molar refractivity (Wildman–Crippen MR) is 478 cm³/mol. The lowest BCUT2D eigenvalue weighted by Gasteiger charge is -2.58. The van der Waals surface area contributed by atoms with Crippen LogP contribution in [0.2, 0.25) is 20.1 Å². The number of methoxy groups -OCH3 is 1. The summed E-state index contributed by atoms with van der Waals surface area (Å²) in [6.45, 7) is 3.33. The number of rotatable bonds is 28. The number of amides is 4. The third kappa shape index (κ3) is 24.9. The number of halogens is 17. The molecule has 0 spiro atoms. The van der Waals surface area contributed by atoms with E-state index in [1.165, 1.54) is 54.6 Å². The molecule has 694 valence electrons. The molecule has 35 heteroatoms. The van der Waals surface area contributed by atoms with Crippen LogP contribution in [-0.2, 0) is 46.4 Å². The van der Waals surface area contributed by atoms with Gasteiger partial charge in [0.25, 0.3) is 17.4 Å². The summed E-state index contributed by atoms with van der Waals surface area (Å²) in [6.07, 6.45) is -14.2. The summed E-state index contributed by atoms with van der Waals surface area (Å²) in [5.74, 6) is -1.35. The van der Waals surface area contributed by atoms with Crippen LogP contribution < -0.4 is 52.6 Å². The molecular formula is C98H82Cl5F12N7O11. The van der Waals surface area contributed by atoms with Crippen molar-refractivity contribution in [3.8, 4) is 23.0 Å². The molecule has 4 aliphatic rings. The zero-order valence-corrected chi connectivity index (χ0v) is 74.0. The lowest BCUT2D eigenvalue weighted by atomic mass is 9.71. The summed E-state index contributed by atoms with van der Waals surface area (Å²) in [5.41, 5.74) is 1.09. The number of hydrogen-bond acceptors (Lipinski definition) is 13. The molecule has 1 aromatic heterocycles. The van der Waals surface area contributed by atoms with Gasteiger partial charge in [0, 0.05) is 90.2 Å². The molecular weight excluding hydrogens is 1860 g/mol. The van der Waals surface area contributed by atoms with E-state index in [-0.39, 0.29) is 82.8 Å². The Morgan fingerprint density at radius 1 is 0.564 bits per heavy atom. The number of aromatic nitrogens is 1. The summed E-state index contributed by atoms with van der Waals surface area (Å²) in [7, 11) is 1.67. The van der Waals surface area contributed by atoms with E-state index in [9.17, 15) is 81.8 Å². The topological polar surface area (TPSA) is 225 Å². The van der Waals surface area contributed by atoms with Crippen molar-refractivity contribution in [2.45, 2.75) is 88.1 Å². The monoisotopic (exact) mass is 1940 g/mol. The molecule has 0 aliphatic carbocycles. The molecule has 3 fully saturated rings. The SMILES string of the molecule is C=CC1C[N+]2(Cc3cc(OCc4ccccc4)c(OCc4ccccc4)c(OCc4ccccc4)c3)CCC1C[C@@H]2[C@@H](O)c1ccnc2ccc(OC)cc12.O=C(CNC(=O)c1ccc(C(=O)C=C(c2cc(Cl)cc(Cl)c2)C(F)(F)F)c2ccccc12)NCC(F)(F)F.O=C(CNC(=O)c1ccc(C2=NOC(c3cc(Cl)cc(Cl)c3)(C(F)(F)F)C2)c2ccccc12)NCC(F)(F)F.[Cl-]. The van der Waals surface area contributed by atoms with E-state index in [0.29, 0.717) is 72.3 Å². The smallest absolute Gasteiger partial charge is 0.435 e. The molecule has 133 heavy (non-hydrogen) atoms. The summed E-state index contributed by atoms with van der Waals surface area (Å²) < 4.78 is 184. The Hall–Kier alpha value is -12.4. The van der Waals surface area contributed by atoms with E-state index >= 15 is 0 Å². The number of nitrogens with zero attached hydrogens (tertiary/aromatic N) is 3. The number of aliphatic hydroxyl groups excluding tert-OH is 1. The first-order chi connectivity index (χ1) is 62.9. The molecule has 4 amide bonds. The van der Waals surface area contributed by atoms with E-state index in [2.05, 4.69) is 82.0 Å². The zero-order chi connectivity index (χ0) is 94.5. The number of carbonyl (C=O) groups is 5. The largest absolute Gasteiger partial charge is 1.00 e. The molecule has 0 radical (unpaired) electrons. The van der Waals surface area contributed by atoms with E-state index in [0.717, 1.165) is 111 Å². The van der Waals surface area contributed by atoms with Crippen LogP contribution in [0.25, 0.3) is 38.0 Å². The minimum Gasteiger partial charge on any atom is -1.00 e. The van der Waals surface area contributed by atoms with Crippen LogP contribution in [0.1, 0.15) is 101 Å². The number of carbonyl (C=O) groups excluding carboxylic acids is 5. The maximum atomic E-state index is 14.4. The van der Waals surface area contributed by atoms with Gasteiger partial charge < -0.3 is 67.0 Å². The van der Waals surface area contributed by atoms with Crippen LogP contribution >= 0.6 is 46.4 Å². The maximum Gasteiger partial charge on any atom is 0.435 e. The Morgan fingerprint density at radius 3 is 1.55 bits per heavy atom. The molecule has 6 atom stereocenters. The predicted octanol–water partition coefficient (Wildman–Crippen LogP) is 19.1. The van der Waals surface area contributed by atoms with Gasteiger partial charge in [-0.3, -0.25) is 29.0 Å². The summed E-state index contributed by atoms with van der Waals surface area (Å²) >= 11 is 23.5. The number of alkyl halides is 12. The quantitative estimate of drug-likeness (QED) is 0.0102. The molecule has 11 aromatic carbocycles. The standard InChI is InChI=1S/C48H49N2O5.C25H17Cl2F6N3O3.C25H16Cl2F6N2O3.ClH/c1-3-38-30-50(24-22-39(38)27-44(50)47(51)41-21-23-49-43-20-19-40(52-2)28-42(41)43)29-37-25-45(53-31-34-13-7-4-8-14-34)48(55-33-36-17-11-6-12-18-36)46(26-37)54-32-35-15-9-5-10-16-35;26-14-7-13(8-15(27)9-14)23(25(31,32)33)10-20(36-39-23)18-5-6-19(17-4-2-1-3-16(17)18)22(38)34-11-21(37)35-12-24(28,29)30;26-14-7-13(8-15(27)9-14)20(25(31,32)33)10-21(36)18-5-6-19(17-4-2-1-3-16(17)18)23(38)34-11-22(37)35-12-24(28,29)30;/h3-21,23,25-26,28,38-39,44,47,51H,1,22,24,27,29-33H2,2H3;1-9H,10-12H2,(H,34,38)(H,35,37);1-10H,11-12H2,(H,34,38)(H,35,37);1H/q+1;;;/p-1/t38?,39?,44-,47+,50?;;;/m1.../s1.